The van der Waals surface area contributed by atoms with Crippen molar-refractivity contribution in [2.75, 3.05) is 0 Å². The van der Waals surface area contributed by atoms with Crippen molar-refractivity contribution in [1.82, 2.24) is 5.32 Å². The van der Waals surface area contributed by atoms with Gasteiger partial charge in [0.1, 0.15) is 11.6 Å². The minimum atomic E-state index is -0.180. The number of nitrogens with one attached hydrogen (secondary N) is 1. The molecule has 0 saturated carbocycles. The van der Waals surface area contributed by atoms with E-state index in [9.17, 15) is 4.39 Å². The van der Waals surface area contributed by atoms with Crippen LogP contribution in [0.25, 0.3) is 0 Å². The lowest BCUT2D eigenvalue weighted by molar-refractivity contribution is 0.453. The Labute approximate surface area is 100 Å². The fourth-order valence-electron chi connectivity index (χ4n) is 1.78. The summed E-state index contributed by atoms with van der Waals surface area (Å²) < 4.78 is 18.2. The summed E-state index contributed by atoms with van der Waals surface area (Å²) in [5.74, 6) is 0.733. The zero-order chi connectivity index (χ0) is 12.1. The predicted molar refractivity (Wildman–Crippen MR) is 65.1 cm³/mol. The summed E-state index contributed by atoms with van der Waals surface area (Å²) in [5.41, 5.74) is 1.00. The highest BCUT2D eigenvalue weighted by atomic mass is 19.1. The second-order valence-electron chi connectivity index (χ2n) is 4.20. The summed E-state index contributed by atoms with van der Waals surface area (Å²) in [6.07, 6.45) is 2.47. The van der Waals surface area contributed by atoms with Crippen LogP contribution in [0.15, 0.2) is 47.1 Å². The van der Waals surface area contributed by atoms with Crippen LogP contribution in [0.4, 0.5) is 4.39 Å². The average molecular weight is 233 g/mol. The van der Waals surface area contributed by atoms with E-state index in [0.29, 0.717) is 6.54 Å². The lowest BCUT2D eigenvalue weighted by Gasteiger charge is -2.12. The molecule has 2 nitrogen and oxygen atoms in total. The van der Waals surface area contributed by atoms with Gasteiger partial charge >= 0.3 is 0 Å². The molecule has 3 heteroatoms. The number of furan rings is 1. The van der Waals surface area contributed by atoms with Crippen LogP contribution in [0.3, 0.4) is 0 Å². The van der Waals surface area contributed by atoms with E-state index in [1.165, 1.54) is 6.07 Å². The van der Waals surface area contributed by atoms with Crippen LogP contribution in [-0.4, -0.2) is 6.04 Å². The van der Waals surface area contributed by atoms with Crippen molar-refractivity contribution in [1.29, 1.82) is 0 Å². The summed E-state index contributed by atoms with van der Waals surface area (Å²) in [6, 6.07) is 10.8. The molecule has 0 fully saturated rings. The smallest absolute Gasteiger partial charge is 0.123 e. The molecule has 0 bridgehead atoms. The van der Waals surface area contributed by atoms with Crippen LogP contribution in [0.2, 0.25) is 0 Å². The Hall–Kier alpha value is -1.61. The van der Waals surface area contributed by atoms with E-state index < -0.39 is 0 Å². The van der Waals surface area contributed by atoms with Crippen molar-refractivity contribution in [2.45, 2.75) is 25.9 Å². The highest BCUT2D eigenvalue weighted by Crippen LogP contribution is 2.07. The first-order valence-electron chi connectivity index (χ1n) is 5.74. The second-order valence-corrected chi connectivity index (χ2v) is 4.20. The van der Waals surface area contributed by atoms with E-state index in [2.05, 4.69) is 12.2 Å². The van der Waals surface area contributed by atoms with Gasteiger partial charge in [0.15, 0.2) is 0 Å². The molecular weight excluding hydrogens is 217 g/mol. The number of rotatable bonds is 5. The van der Waals surface area contributed by atoms with Gasteiger partial charge in [-0.3, -0.25) is 0 Å². The molecule has 0 aliphatic rings. The third-order valence-corrected chi connectivity index (χ3v) is 2.64. The monoisotopic (exact) mass is 233 g/mol. The van der Waals surface area contributed by atoms with Gasteiger partial charge in [-0.15, -0.1) is 0 Å². The molecular formula is C14H16FNO. The molecule has 0 saturated heterocycles. The molecule has 1 N–H and O–H groups in total. The van der Waals surface area contributed by atoms with Gasteiger partial charge in [0.2, 0.25) is 0 Å². The van der Waals surface area contributed by atoms with Gasteiger partial charge in [0.25, 0.3) is 0 Å². The zero-order valence-electron chi connectivity index (χ0n) is 9.82. The lowest BCUT2D eigenvalue weighted by Crippen LogP contribution is -2.27. The van der Waals surface area contributed by atoms with E-state index in [4.69, 9.17) is 4.42 Å². The molecule has 0 aliphatic carbocycles. The third kappa shape index (κ3) is 3.71. The Balaban J connectivity index is 1.83. The topological polar surface area (TPSA) is 25.2 Å². The largest absolute Gasteiger partial charge is 0.468 e. The Morgan fingerprint density at radius 3 is 2.88 bits per heavy atom. The van der Waals surface area contributed by atoms with Crippen LogP contribution in [0, 0.1) is 5.82 Å². The van der Waals surface area contributed by atoms with Crippen molar-refractivity contribution in [3.63, 3.8) is 0 Å². The van der Waals surface area contributed by atoms with Crippen LogP contribution in [-0.2, 0) is 13.0 Å². The van der Waals surface area contributed by atoms with Gasteiger partial charge in [-0.25, -0.2) is 4.39 Å². The quantitative estimate of drug-likeness (QED) is 0.858. The molecule has 1 atom stereocenters. The number of hydrogen-bond acceptors (Lipinski definition) is 2. The van der Waals surface area contributed by atoms with E-state index in [1.807, 2.05) is 18.2 Å². The fourth-order valence-corrected chi connectivity index (χ4v) is 1.78. The minimum Gasteiger partial charge on any atom is -0.468 e. The van der Waals surface area contributed by atoms with Gasteiger partial charge in [0.05, 0.1) is 12.8 Å². The number of hydrogen-bond donors (Lipinski definition) is 1. The predicted octanol–water partition coefficient (Wildman–Crippen LogP) is 3.14. The first kappa shape index (κ1) is 11.9. The van der Waals surface area contributed by atoms with Gasteiger partial charge in [-0.05, 0) is 43.2 Å². The summed E-state index contributed by atoms with van der Waals surface area (Å²) in [5, 5.41) is 3.34. The number of benzene rings is 1. The molecule has 0 spiro atoms. The summed E-state index contributed by atoms with van der Waals surface area (Å²) in [7, 11) is 0. The van der Waals surface area contributed by atoms with Crippen molar-refractivity contribution >= 4 is 0 Å². The van der Waals surface area contributed by atoms with E-state index in [0.717, 1.165) is 17.7 Å². The first-order valence-corrected chi connectivity index (χ1v) is 5.74. The molecule has 17 heavy (non-hydrogen) atoms. The minimum absolute atomic E-state index is 0.180. The van der Waals surface area contributed by atoms with Crippen LogP contribution < -0.4 is 5.32 Å². The molecule has 1 unspecified atom stereocenters. The van der Waals surface area contributed by atoms with E-state index in [-0.39, 0.29) is 11.9 Å². The first-order chi connectivity index (χ1) is 8.24. The zero-order valence-corrected chi connectivity index (χ0v) is 9.82. The van der Waals surface area contributed by atoms with Gasteiger partial charge < -0.3 is 9.73 Å². The molecule has 0 aliphatic heterocycles. The lowest BCUT2D eigenvalue weighted by atomic mass is 10.1. The molecule has 2 aromatic rings. The Kier molecular flexibility index (Phi) is 3.94. The molecule has 0 radical (unpaired) electrons. The SMILES string of the molecule is CC(Cc1cccc(F)c1)NCc1ccco1. The molecule has 90 valence electrons. The van der Waals surface area contributed by atoms with Crippen LogP contribution >= 0.6 is 0 Å². The van der Waals surface area contributed by atoms with Gasteiger partial charge in [-0.2, -0.15) is 0 Å². The van der Waals surface area contributed by atoms with Crippen molar-refractivity contribution in [2.24, 2.45) is 0 Å². The molecule has 0 amide bonds. The molecule has 1 aromatic carbocycles. The van der Waals surface area contributed by atoms with Crippen molar-refractivity contribution in [3.8, 4) is 0 Å². The average Bonchev–Trinajstić information content (AvgIpc) is 2.79. The van der Waals surface area contributed by atoms with E-state index in [1.54, 1.807) is 18.4 Å². The number of halogens is 1. The Morgan fingerprint density at radius 1 is 1.29 bits per heavy atom. The highest BCUT2D eigenvalue weighted by molar-refractivity contribution is 5.17. The Morgan fingerprint density at radius 2 is 2.18 bits per heavy atom. The molecule has 2 rings (SSSR count). The molecule has 1 aromatic heterocycles. The van der Waals surface area contributed by atoms with Gasteiger partial charge in [-0.1, -0.05) is 12.1 Å². The maximum absolute atomic E-state index is 13.0. The van der Waals surface area contributed by atoms with Crippen molar-refractivity contribution in [3.05, 3.63) is 59.8 Å². The van der Waals surface area contributed by atoms with Crippen molar-refractivity contribution < 1.29 is 8.81 Å². The normalized spacial score (nSPS) is 12.6. The van der Waals surface area contributed by atoms with Crippen LogP contribution in [0.1, 0.15) is 18.2 Å². The maximum Gasteiger partial charge on any atom is 0.123 e. The second kappa shape index (κ2) is 5.64. The standard InChI is InChI=1S/C14H16FNO/c1-11(16-10-14-6-3-7-17-14)8-12-4-2-5-13(15)9-12/h2-7,9,11,16H,8,10H2,1H3. The van der Waals surface area contributed by atoms with Gasteiger partial charge in [0, 0.05) is 6.04 Å². The highest BCUT2D eigenvalue weighted by Gasteiger charge is 2.04. The van der Waals surface area contributed by atoms with Crippen LogP contribution in [0.5, 0.6) is 0 Å². The summed E-state index contributed by atoms with van der Waals surface area (Å²) in [4.78, 5) is 0. The fraction of sp³-hybridized carbons (Fsp3) is 0.286. The molecule has 1 heterocycles. The van der Waals surface area contributed by atoms with E-state index >= 15 is 0 Å². The maximum atomic E-state index is 13.0. The Bertz CT molecular complexity index is 453. The summed E-state index contributed by atoms with van der Waals surface area (Å²) in [6.45, 7) is 2.78. The third-order valence-electron chi connectivity index (χ3n) is 2.64. The summed E-state index contributed by atoms with van der Waals surface area (Å²) >= 11 is 0.